The molecule has 0 heterocycles. The smallest absolute Gasteiger partial charge is 0.142 e. The van der Waals surface area contributed by atoms with Crippen LogP contribution in [0.5, 0.6) is 5.75 Å². The monoisotopic (exact) mass is 401 g/mol. The molecule has 0 aliphatic rings. The van der Waals surface area contributed by atoms with Crippen molar-refractivity contribution in [3.8, 4) is 5.75 Å². The second-order valence-corrected chi connectivity index (χ2v) is 6.01. The molecule has 1 atom stereocenters. The lowest BCUT2D eigenvalue weighted by molar-refractivity contribution is 0.335. The van der Waals surface area contributed by atoms with E-state index in [4.69, 9.17) is 10.5 Å². The molecule has 2 aromatic carbocycles. The molecule has 0 aromatic heterocycles. The van der Waals surface area contributed by atoms with Crippen LogP contribution in [0, 0.1) is 5.82 Å². The van der Waals surface area contributed by atoms with Gasteiger partial charge in [-0.1, -0.05) is 28.1 Å². The first-order valence-corrected chi connectivity index (χ1v) is 7.75. The summed E-state index contributed by atoms with van der Waals surface area (Å²) in [6, 6.07) is 10.1. The quantitative estimate of drug-likeness (QED) is 0.797. The molecule has 2 N–H and O–H groups in total. The molecule has 0 saturated heterocycles. The van der Waals surface area contributed by atoms with Crippen LogP contribution in [-0.4, -0.2) is 6.61 Å². The van der Waals surface area contributed by atoms with Gasteiger partial charge in [0.15, 0.2) is 0 Å². The lowest BCUT2D eigenvalue weighted by atomic mass is 9.98. The van der Waals surface area contributed by atoms with Crippen molar-refractivity contribution in [1.82, 2.24) is 0 Å². The highest BCUT2D eigenvalue weighted by Crippen LogP contribution is 2.33. The van der Waals surface area contributed by atoms with Gasteiger partial charge in [0.05, 0.1) is 17.1 Å². The number of hydrogen-bond acceptors (Lipinski definition) is 2. The zero-order chi connectivity index (χ0) is 14.7. The SMILES string of the molecule is CCOc1ccc(Br)cc1C(N)c1cccc(Br)c1F. The summed E-state index contributed by atoms with van der Waals surface area (Å²) in [5.41, 5.74) is 7.40. The van der Waals surface area contributed by atoms with E-state index in [1.54, 1.807) is 18.2 Å². The van der Waals surface area contributed by atoms with Gasteiger partial charge in [-0.05, 0) is 47.1 Å². The van der Waals surface area contributed by atoms with Crippen LogP contribution in [0.1, 0.15) is 24.1 Å². The molecular weight excluding hydrogens is 389 g/mol. The van der Waals surface area contributed by atoms with E-state index in [2.05, 4.69) is 31.9 Å². The first-order chi connectivity index (χ1) is 9.54. The molecule has 0 saturated carbocycles. The Kier molecular flexibility index (Phi) is 5.18. The van der Waals surface area contributed by atoms with Gasteiger partial charge >= 0.3 is 0 Å². The van der Waals surface area contributed by atoms with E-state index in [9.17, 15) is 4.39 Å². The fourth-order valence-electron chi connectivity index (χ4n) is 1.98. The predicted octanol–water partition coefficient (Wildman–Crippen LogP) is 4.80. The first kappa shape index (κ1) is 15.5. The van der Waals surface area contributed by atoms with Crippen molar-refractivity contribution in [3.05, 3.63) is 62.3 Å². The molecule has 0 bridgehead atoms. The van der Waals surface area contributed by atoms with Gasteiger partial charge in [-0.15, -0.1) is 0 Å². The Morgan fingerprint density at radius 2 is 1.95 bits per heavy atom. The summed E-state index contributed by atoms with van der Waals surface area (Å²) in [5.74, 6) is 0.324. The molecule has 0 radical (unpaired) electrons. The highest BCUT2D eigenvalue weighted by Gasteiger charge is 2.19. The fraction of sp³-hybridized carbons (Fsp3) is 0.200. The van der Waals surface area contributed by atoms with Crippen LogP contribution in [-0.2, 0) is 0 Å². The molecule has 20 heavy (non-hydrogen) atoms. The normalized spacial score (nSPS) is 12.2. The molecule has 0 amide bonds. The third kappa shape index (κ3) is 3.22. The molecule has 0 aliphatic carbocycles. The summed E-state index contributed by atoms with van der Waals surface area (Å²) in [6.45, 7) is 2.43. The van der Waals surface area contributed by atoms with Crippen LogP contribution in [0.3, 0.4) is 0 Å². The van der Waals surface area contributed by atoms with Crippen LogP contribution >= 0.6 is 31.9 Å². The lowest BCUT2D eigenvalue weighted by Gasteiger charge is -2.18. The number of hydrogen-bond donors (Lipinski definition) is 1. The summed E-state index contributed by atoms with van der Waals surface area (Å²) in [7, 11) is 0. The maximum absolute atomic E-state index is 14.2. The Morgan fingerprint density at radius 1 is 1.20 bits per heavy atom. The van der Waals surface area contributed by atoms with Crippen molar-refractivity contribution in [1.29, 1.82) is 0 Å². The van der Waals surface area contributed by atoms with Gasteiger partial charge in [-0.3, -0.25) is 0 Å². The average Bonchev–Trinajstić information content (AvgIpc) is 2.43. The molecule has 106 valence electrons. The van der Waals surface area contributed by atoms with E-state index in [-0.39, 0.29) is 5.82 Å². The van der Waals surface area contributed by atoms with Gasteiger partial charge in [0, 0.05) is 15.6 Å². The highest BCUT2D eigenvalue weighted by atomic mass is 79.9. The van der Waals surface area contributed by atoms with E-state index in [0.29, 0.717) is 22.4 Å². The van der Waals surface area contributed by atoms with E-state index in [1.807, 2.05) is 25.1 Å². The van der Waals surface area contributed by atoms with Crippen LogP contribution in [0.25, 0.3) is 0 Å². The van der Waals surface area contributed by atoms with Crippen molar-refractivity contribution in [2.75, 3.05) is 6.61 Å². The van der Waals surface area contributed by atoms with Gasteiger partial charge in [-0.25, -0.2) is 4.39 Å². The van der Waals surface area contributed by atoms with E-state index >= 15 is 0 Å². The summed E-state index contributed by atoms with van der Waals surface area (Å²) >= 11 is 6.59. The molecule has 2 nitrogen and oxygen atoms in total. The maximum atomic E-state index is 14.2. The van der Waals surface area contributed by atoms with E-state index in [0.717, 1.165) is 10.0 Å². The molecule has 0 aliphatic heterocycles. The van der Waals surface area contributed by atoms with Crippen LogP contribution in [0.2, 0.25) is 0 Å². The minimum absolute atomic E-state index is 0.345. The van der Waals surface area contributed by atoms with Gasteiger partial charge in [0.2, 0.25) is 0 Å². The van der Waals surface area contributed by atoms with Crippen molar-refractivity contribution in [3.63, 3.8) is 0 Å². The third-order valence-corrected chi connectivity index (χ3v) is 4.03. The highest BCUT2D eigenvalue weighted by molar-refractivity contribution is 9.10. The topological polar surface area (TPSA) is 35.2 Å². The molecule has 0 fully saturated rings. The molecule has 2 rings (SSSR count). The number of benzene rings is 2. The van der Waals surface area contributed by atoms with Crippen molar-refractivity contribution in [2.45, 2.75) is 13.0 Å². The fourth-order valence-corrected chi connectivity index (χ4v) is 2.74. The second kappa shape index (κ2) is 6.70. The average molecular weight is 403 g/mol. The zero-order valence-corrected chi connectivity index (χ0v) is 14.0. The van der Waals surface area contributed by atoms with Crippen molar-refractivity contribution >= 4 is 31.9 Å². The van der Waals surface area contributed by atoms with Crippen LogP contribution < -0.4 is 10.5 Å². The minimum Gasteiger partial charge on any atom is -0.494 e. The lowest BCUT2D eigenvalue weighted by Crippen LogP contribution is -2.15. The Hall–Kier alpha value is -0.910. The Balaban J connectivity index is 2.49. The van der Waals surface area contributed by atoms with Crippen LogP contribution in [0.15, 0.2) is 45.3 Å². The van der Waals surface area contributed by atoms with Gasteiger partial charge in [0.1, 0.15) is 11.6 Å². The zero-order valence-electron chi connectivity index (χ0n) is 10.9. The Morgan fingerprint density at radius 3 is 2.65 bits per heavy atom. The molecule has 2 aromatic rings. The Bertz CT molecular complexity index is 619. The minimum atomic E-state index is -0.591. The molecule has 1 unspecified atom stereocenters. The van der Waals surface area contributed by atoms with E-state index < -0.39 is 6.04 Å². The molecule has 0 spiro atoms. The van der Waals surface area contributed by atoms with Crippen molar-refractivity contribution in [2.24, 2.45) is 5.73 Å². The maximum Gasteiger partial charge on any atom is 0.142 e. The number of halogens is 3. The largest absolute Gasteiger partial charge is 0.494 e. The Labute approximate surface area is 134 Å². The van der Waals surface area contributed by atoms with Crippen LogP contribution in [0.4, 0.5) is 4.39 Å². The number of nitrogens with two attached hydrogens (primary N) is 1. The summed E-state index contributed by atoms with van der Waals surface area (Å²) < 4.78 is 21.0. The second-order valence-electron chi connectivity index (χ2n) is 4.24. The summed E-state index contributed by atoms with van der Waals surface area (Å²) in [4.78, 5) is 0. The first-order valence-electron chi connectivity index (χ1n) is 6.16. The number of rotatable bonds is 4. The third-order valence-electron chi connectivity index (χ3n) is 2.92. The van der Waals surface area contributed by atoms with Gasteiger partial charge in [0.25, 0.3) is 0 Å². The van der Waals surface area contributed by atoms with E-state index in [1.165, 1.54) is 0 Å². The summed E-state index contributed by atoms with van der Waals surface area (Å²) in [6.07, 6.45) is 0. The molecule has 5 heteroatoms. The summed E-state index contributed by atoms with van der Waals surface area (Å²) in [5, 5.41) is 0. The van der Waals surface area contributed by atoms with Crippen molar-refractivity contribution < 1.29 is 9.13 Å². The van der Waals surface area contributed by atoms with Gasteiger partial charge < -0.3 is 10.5 Å². The predicted molar refractivity (Wildman–Crippen MR) is 85.4 cm³/mol. The molecular formula is C15H14Br2FNO. The standard InChI is InChI=1S/C15H14Br2FNO/c1-2-20-13-7-6-9(16)8-11(13)15(19)10-4-3-5-12(17)14(10)18/h3-8,15H,2,19H2,1H3. The number of ether oxygens (including phenoxy) is 1. The van der Waals surface area contributed by atoms with Gasteiger partial charge in [-0.2, -0.15) is 0 Å².